The van der Waals surface area contributed by atoms with Crippen molar-refractivity contribution in [2.75, 3.05) is 25.1 Å². The fraction of sp³-hybridized carbons (Fsp3) is 0.280. The first kappa shape index (κ1) is 21.2. The van der Waals surface area contributed by atoms with Crippen LogP contribution in [0.3, 0.4) is 0 Å². The van der Waals surface area contributed by atoms with Crippen LogP contribution in [-0.2, 0) is 19.0 Å². The maximum Gasteiger partial charge on any atom is 0.412 e. The maximum absolute atomic E-state index is 12.5. The molecule has 2 fully saturated rings. The Labute approximate surface area is 190 Å². The summed E-state index contributed by atoms with van der Waals surface area (Å²) in [6, 6.07) is 22.2. The molecule has 3 aromatic carbocycles. The first-order valence-corrected chi connectivity index (χ1v) is 10.8. The lowest BCUT2D eigenvalue weighted by Crippen LogP contribution is -2.46. The highest BCUT2D eigenvalue weighted by molar-refractivity contribution is 6.00. The summed E-state index contributed by atoms with van der Waals surface area (Å²) in [4.78, 5) is 24.8. The van der Waals surface area contributed by atoms with Crippen molar-refractivity contribution < 1.29 is 28.5 Å². The number of anilines is 1. The summed E-state index contributed by atoms with van der Waals surface area (Å²) in [5.41, 5.74) is 0.671. The zero-order valence-corrected chi connectivity index (χ0v) is 17.8. The van der Waals surface area contributed by atoms with Gasteiger partial charge in [0.2, 0.25) is 0 Å². The number of carbonyl (C=O) groups excluding carboxylic acids is 2. The van der Waals surface area contributed by atoms with E-state index in [1.807, 2.05) is 60.7 Å². The highest BCUT2D eigenvalue weighted by atomic mass is 16.6. The molecule has 33 heavy (non-hydrogen) atoms. The quantitative estimate of drug-likeness (QED) is 0.602. The van der Waals surface area contributed by atoms with Crippen LogP contribution < -0.4 is 15.4 Å². The third-order valence-corrected chi connectivity index (χ3v) is 5.75. The van der Waals surface area contributed by atoms with Crippen molar-refractivity contribution in [2.24, 2.45) is 0 Å². The molecule has 8 heteroatoms. The molecular formula is C25H24N2O6. The average Bonchev–Trinajstić information content (AvgIpc) is 3.42. The molecule has 0 saturated carbocycles. The van der Waals surface area contributed by atoms with E-state index in [2.05, 4.69) is 10.6 Å². The molecule has 0 aliphatic carbocycles. The Kier molecular flexibility index (Phi) is 6.10. The van der Waals surface area contributed by atoms with Crippen LogP contribution in [0.4, 0.5) is 10.5 Å². The first-order chi connectivity index (χ1) is 16.2. The Morgan fingerprint density at radius 1 is 0.879 bits per heavy atom. The number of fused-ring (bicyclic) bond motifs is 2. The molecule has 2 aliphatic rings. The van der Waals surface area contributed by atoms with Crippen LogP contribution in [0, 0.1) is 0 Å². The van der Waals surface area contributed by atoms with E-state index in [9.17, 15) is 9.59 Å². The number of hydrogen-bond acceptors (Lipinski definition) is 6. The number of nitrogens with one attached hydrogen (secondary N) is 2. The van der Waals surface area contributed by atoms with E-state index < -0.39 is 18.3 Å². The van der Waals surface area contributed by atoms with E-state index in [4.69, 9.17) is 18.9 Å². The number of hydrogen-bond donors (Lipinski definition) is 2. The maximum atomic E-state index is 12.5. The summed E-state index contributed by atoms with van der Waals surface area (Å²) in [6.07, 6.45) is -1.97. The SMILES string of the molecule is O=C(COc1ccccc1)NC1COC2C(OC(=O)Nc3cccc4ccccc34)COC12. The second-order valence-corrected chi connectivity index (χ2v) is 7.97. The first-order valence-electron chi connectivity index (χ1n) is 10.8. The molecule has 2 saturated heterocycles. The van der Waals surface area contributed by atoms with Gasteiger partial charge in [-0.25, -0.2) is 4.79 Å². The Hall–Kier alpha value is -3.62. The minimum Gasteiger partial charge on any atom is -0.484 e. The van der Waals surface area contributed by atoms with Gasteiger partial charge in [0.05, 0.1) is 24.9 Å². The van der Waals surface area contributed by atoms with E-state index in [0.717, 1.165) is 10.8 Å². The van der Waals surface area contributed by atoms with Crippen molar-refractivity contribution in [3.63, 3.8) is 0 Å². The summed E-state index contributed by atoms with van der Waals surface area (Å²) in [5, 5.41) is 7.64. The second-order valence-electron chi connectivity index (χ2n) is 7.97. The minimum atomic E-state index is -0.576. The van der Waals surface area contributed by atoms with Crippen LogP contribution in [-0.4, -0.2) is 56.2 Å². The molecule has 4 unspecified atom stereocenters. The number of para-hydroxylation sites is 1. The molecule has 8 nitrogen and oxygen atoms in total. The predicted octanol–water partition coefficient (Wildman–Crippen LogP) is 3.12. The molecule has 4 atom stereocenters. The molecule has 2 heterocycles. The predicted molar refractivity (Wildman–Crippen MR) is 121 cm³/mol. The normalized spacial score (nSPS) is 23.6. The zero-order valence-electron chi connectivity index (χ0n) is 17.8. The molecule has 2 aliphatic heterocycles. The molecule has 0 spiro atoms. The topological polar surface area (TPSA) is 95.1 Å². The van der Waals surface area contributed by atoms with Crippen LogP contribution in [0.1, 0.15) is 0 Å². The molecule has 0 bridgehead atoms. The molecule has 0 radical (unpaired) electrons. The Morgan fingerprint density at radius 3 is 2.52 bits per heavy atom. The molecule has 3 aromatic rings. The zero-order chi connectivity index (χ0) is 22.6. The molecule has 0 aromatic heterocycles. The molecule has 2 amide bonds. The van der Waals surface area contributed by atoms with Gasteiger partial charge in [-0.3, -0.25) is 10.1 Å². The van der Waals surface area contributed by atoms with E-state index in [1.54, 1.807) is 12.1 Å². The number of carbonyl (C=O) groups is 2. The minimum absolute atomic E-state index is 0.106. The van der Waals surface area contributed by atoms with Crippen LogP contribution in [0.2, 0.25) is 0 Å². The highest BCUT2D eigenvalue weighted by Gasteiger charge is 2.50. The van der Waals surface area contributed by atoms with Gasteiger partial charge < -0.3 is 24.3 Å². The van der Waals surface area contributed by atoms with Gasteiger partial charge in [-0.05, 0) is 23.6 Å². The largest absolute Gasteiger partial charge is 0.484 e. The monoisotopic (exact) mass is 448 g/mol. The van der Waals surface area contributed by atoms with E-state index in [1.165, 1.54) is 0 Å². The third-order valence-electron chi connectivity index (χ3n) is 5.75. The molecule has 5 rings (SSSR count). The van der Waals surface area contributed by atoms with Gasteiger partial charge in [0.25, 0.3) is 5.91 Å². The summed E-state index contributed by atoms with van der Waals surface area (Å²) in [6.45, 7) is 0.369. The van der Waals surface area contributed by atoms with Crippen LogP contribution >= 0.6 is 0 Å². The van der Waals surface area contributed by atoms with Gasteiger partial charge in [-0.15, -0.1) is 0 Å². The summed E-state index contributed by atoms with van der Waals surface area (Å²) >= 11 is 0. The fourth-order valence-electron chi connectivity index (χ4n) is 4.21. The van der Waals surface area contributed by atoms with E-state index in [-0.39, 0.29) is 37.9 Å². The molecule has 2 N–H and O–H groups in total. The standard InChI is InChI=1S/C25H24N2O6/c28-22(15-30-17-9-2-1-3-10-17)26-20-13-31-24-21(14-32-23(20)24)33-25(29)27-19-12-6-8-16-7-4-5-11-18(16)19/h1-12,20-21,23-24H,13-15H2,(H,26,28)(H,27,29). The van der Waals surface area contributed by atoms with Crippen LogP contribution in [0.15, 0.2) is 72.8 Å². The van der Waals surface area contributed by atoms with Crippen molar-refractivity contribution in [2.45, 2.75) is 24.4 Å². The van der Waals surface area contributed by atoms with Crippen molar-refractivity contribution in [1.82, 2.24) is 5.32 Å². The van der Waals surface area contributed by atoms with Crippen LogP contribution in [0.5, 0.6) is 5.75 Å². The number of rotatable bonds is 6. The Balaban J connectivity index is 1.13. The van der Waals surface area contributed by atoms with Crippen molar-refractivity contribution in [1.29, 1.82) is 0 Å². The number of amides is 2. The summed E-state index contributed by atoms with van der Waals surface area (Å²) < 4.78 is 22.7. The van der Waals surface area contributed by atoms with Gasteiger partial charge in [0.15, 0.2) is 12.7 Å². The average molecular weight is 448 g/mol. The Morgan fingerprint density at radius 2 is 1.64 bits per heavy atom. The highest BCUT2D eigenvalue weighted by Crippen LogP contribution is 2.30. The van der Waals surface area contributed by atoms with Gasteiger partial charge >= 0.3 is 6.09 Å². The van der Waals surface area contributed by atoms with Crippen molar-refractivity contribution in [3.05, 3.63) is 72.8 Å². The molecular weight excluding hydrogens is 424 g/mol. The van der Waals surface area contributed by atoms with E-state index in [0.29, 0.717) is 11.4 Å². The lowest BCUT2D eigenvalue weighted by molar-refractivity contribution is -0.124. The third kappa shape index (κ3) is 4.76. The summed E-state index contributed by atoms with van der Waals surface area (Å²) in [7, 11) is 0. The van der Waals surface area contributed by atoms with Gasteiger partial charge in [0.1, 0.15) is 18.0 Å². The Bertz CT molecular complexity index is 1130. The lowest BCUT2D eigenvalue weighted by Gasteiger charge is -2.18. The van der Waals surface area contributed by atoms with Gasteiger partial charge in [-0.2, -0.15) is 0 Å². The van der Waals surface area contributed by atoms with Crippen molar-refractivity contribution >= 4 is 28.5 Å². The van der Waals surface area contributed by atoms with E-state index >= 15 is 0 Å². The fourth-order valence-corrected chi connectivity index (χ4v) is 4.21. The summed E-state index contributed by atoms with van der Waals surface area (Å²) in [5.74, 6) is 0.353. The van der Waals surface area contributed by atoms with Gasteiger partial charge in [-0.1, -0.05) is 54.6 Å². The van der Waals surface area contributed by atoms with Crippen LogP contribution in [0.25, 0.3) is 10.8 Å². The molecule has 170 valence electrons. The lowest BCUT2D eigenvalue weighted by atomic mass is 10.1. The number of benzene rings is 3. The second kappa shape index (κ2) is 9.48. The van der Waals surface area contributed by atoms with Crippen molar-refractivity contribution in [3.8, 4) is 5.75 Å². The smallest absolute Gasteiger partial charge is 0.412 e. The number of ether oxygens (including phenoxy) is 4. The van der Waals surface area contributed by atoms with Gasteiger partial charge in [0, 0.05) is 5.39 Å².